The summed E-state index contributed by atoms with van der Waals surface area (Å²) in [5, 5.41) is 13.9. The van der Waals surface area contributed by atoms with Gasteiger partial charge in [-0.15, -0.1) is 0 Å². The van der Waals surface area contributed by atoms with Gasteiger partial charge in [-0.05, 0) is 43.2 Å². The Bertz CT molecular complexity index is 964. The molecule has 0 atom stereocenters. The molecule has 0 saturated carbocycles. The van der Waals surface area contributed by atoms with Crippen molar-refractivity contribution in [2.75, 3.05) is 36.4 Å². The molecule has 1 saturated heterocycles. The van der Waals surface area contributed by atoms with Gasteiger partial charge in [0.2, 0.25) is 5.91 Å². The molecule has 0 radical (unpaired) electrons. The number of nitrogens with zero attached hydrogens (tertiary/aromatic N) is 3. The zero-order valence-electron chi connectivity index (χ0n) is 18.1. The van der Waals surface area contributed by atoms with E-state index < -0.39 is 4.92 Å². The summed E-state index contributed by atoms with van der Waals surface area (Å²) in [4.78, 5) is 39.6. The molecule has 164 valence electrons. The van der Waals surface area contributed by atoms with Crippen LogP contribution in [0.4, 0.5) is 17.1 Å². The molecule has 1 N–H and O–H groups in total. The molecule has 3 rings (SSSR count). The Morgan fingerprint density at radius 3 is 2.29 bits per heavy atom. The van der Waals surface area contributed by atoms with Crippen molar-refractivity contribution in [3.63, 3.8) is 0 Å². The van der Waals surface area contributed by atoms with E-state index in [2.05, 4.69) is 24.1 Å². The van der Waals surface area contributed by atoms with E-state index in [0.717, 1.165) is 18.8 Å². The number of carbonyl (C=O) groups is 2. The Labute approximate surface area is 182 Å². The summed E-state index contributed by atoms with van der Waals surface area (Å²) in [5.41, 5.74) is 2.19. The number of carbonyl (C=O) groups excluding carboxylic acids is 2. The Morgan fingerprint density at radius 1 is 1.06 bits per heavy atom. The lowest BCUT2D eigenvalue weighted by molar-refractivity contribution is -0.385. The van der Waals surface area contributed by atoms with E-state index in [1.54, 1.807) is 13.0 Å². The zero-order valence-corrected chi connectivity index (χ0v) is 18.1. The van der Waals surface area contributed by atoms with Gasteiger partial charge in [-0.25, -0.2) is 0 Å². The molecule has 0 aliphatic carbocycles. The first kappa shape index (κ1) is 22.3. The van der Waals surface area contributed by atoms with Gasteiger partial charge >= 0.3 is 0 Å². The van der Waals surface area contributed by atoms with E-state index in [4.69, 9.17) is 0 Å². The highest BCUT2D eigenvalue weighted by Gasteiger charge is 2.22. The van der Waals surface area contributed by atoms with Gasteiger partial charge in [-0.2, -0.15) is 0 Å². The number of nitro groups is 1. The van der Waals surface area contributed by atoms with Gasteiger partial charge < -0.3 is 15.1 Å². The molecule has 31 heavy (non-hydrogen) atoms. The number of rotatable bonds is 6. The normalized spacial score (nSPS) is 13.9. The number of hydrogen-bond donors (Lipinski definition) is 1. The van der Waals surface area contributed by atoms with Gasteiger partial charge in [-0.1, -0.05) is 19.9 Å². The van der Waals surface area contributed by atoms with Crippen LogP contribution in [0, 0.1) is 23.0 Å². The highest BCUT2D eigenvalue weighted by molar-refractivity contribution is 6.05. The van der Waals surface area contributed by atoms with Gasteiger partial charge in [0.25, 0.3) is 11.6 Å². The zero-order chi connectivity index (χ0) is 22.5. The third-order valence-electron chi connectivity index (χ3n) is 5.45. The quantitative estimate of drug-likeness (QED) is 0.561. The second kappa shape index (κ2) is 9.59. The van der Waals surface area contributed by atoms with Crippen LogP contribution in [0.15, 0.2) is 42.5 Å². The first-order valence-electron chi connectivity index (χ1n) is 10.4. The van der Waals surface area contributed by atoms with E-state index in [0.29, 0.717) is 36.7 Å². The summed E-state index contributed by atoms with van der Waals surface area (Å²) in [7, 11) is 0. The van der Waals surface area contributed by atoms with Crippen molar-refractivity contribution in [2.45, 2.75) is 27.2 Å². The Morgan fingerprint density at radius 2 is 1.71 bits per heavy atom. The van der Waals surface area contributed by atoms with Crippen molar-refractivity contribution in [2.24, 2.45) is 5.92 Å². The van der Waals surface area contributed by atoms with Crippen molar-refractivity contribution in [1.82, 2.24) is 4.90 Å². The topological polar surface area (TPSA) is 95.8 Å². The van der Waals surface area contributed by atoms with Crippen molar-refractivity contribution in [1.29, 1.82) is 0 Å². The van der Waals surface area contributed by atoms with Crippen LogP contribution in [0.25, 0.3) is 0 Å². The molecule has 0 aromatic heterocycles. The minimum absolute atomic E-state index is 0.0750. The summed E-state index contributed by atoms with van der Waals surface area (Å²) >= 11 is 0. The van der Waals surface area contributed by atoms with Crippen LogP contribution in [0.5, 0.6) is 0 Å². The molecule has 2 aromatic carbocycles. The van der Waals surface area contributed by atoms with Crippen LogP contribution in [0.1, 0.15) is 36.2 Å². The van der Waals surface area contributed by atoms with E-state index in [1.807, 2.05) is 29.2 Å². The van der Waals surface area contributed by atoms with Crippen molar-refractivity contribution in [3.8, 4) is 0 Å². The van der Waals surface area contributed by atoms with Gasteiger partial charge in [0, 0.05) is 61.2 Å². The van der Waals surface area contributed by atoms with Gasteiger partial charge in [-0.3, -0.25) is 19.7 Å². The number of piperazine rings is 1. The first-order chi connectivity index (χ1) is 14.8. The van der Waals surface area contributed by atoms with E-state index >= 15 is 0 Å². The van der Waals surface area contributed by atoms with E-state index in [1.165, 1.54) is 12.1 Å². The monoisotopic (exact) mass is 424 g/mol. The standard InChI is InChI=1S/C23H28N4O4/c1-16(2)15-22(28)26-13-11-25(12-14-26)19-9-7-18(8-10-19)24-23(29)20-5-4-6-21(17(20)3)27(30)31/h4-10,16H,11-15H2,1-3H3,(H,24,29). The largest absolute Gasteiger partial charge is 0.368 e. The maximum absolute atomic E-state index is 12.6. The number of hydrogen-bond acceptors (Lipinski definition) is 5. The summed E-state index contributed by atoms with van der Waals surface area (Å²) in [6.45, 7) is 8.61. The fraction of sp³-hybridized carbons (Fsp3) is 0.391. The number of nitro benzene ring substituents is 1. The van der Waals surface area contributed by atoms with E-state index in [-0.39, 0.29) is 23.1 Å². The predicted molar refractivity (Wildman–Crippen MR) is 120 cm³/mol. The molecule has 1 fully saturated rings. The highest BCUT2D eigenvalue weighted by atomic mass is 16.6. The summed E-state index contributed by atoms with van der Waals surface area (Å²) in [6, 6.07) is 12.0. The van der Waals surface area contributed by atoms with E-state index in [9.17, 15) is 19.7 Å². The first-order valence-corrected chi connectivity index (χ1v) is 10.4. The van der Waals surface area contributed by atoms with Gasteiger partial charge in [0.15, 0.2) is 0 Å². The maximum Gasteiger partial charge on any atom is 0.273 e. The van der Waals surface area contributed by atoms with Crippen LogP contribution in [0.2, 0.25) is 0 Å². The van der Waals surface area contributed by atoms with Crippen molar-refractivity contribution in [3.05, 3.63) is 63.7 Å². The highest BCUT2D eigenvalue weighted by Crippen LogP contribution is 2.24. The minimum Gasteiger partial charge on any atom is -0.368 e. The lowest BCUT2D eigenvalue weighted by Crippen LogP contribution is -2.49. The molecule has 1 aliphatic rings. The molecule has 0 unspecified atom stereocenters. The molecule has 2 aromatic rings. The summed E-state index contributed by atoms with van der Waals surface area (Å²) < 4.78 is 0. The van der Waals surface area contributed by atoms with Crippen molar-refractivity contribution >= 4 is 28.9 Å². The Balaban J connectivity index is 1.60. The minimum atomic E-state index is -0.489. The SMILES string of the molecule is Cc1c(C(=O)Nc2ccc(N3CCN(C(=O)CC(C)C)CC3)cc2)cccc1[N+](=O)[O-]. The third kappa shape index (κ3) is 5.39. The van der Waals surface area contributed by atoms with Crippen LogP contribution < -0.4 is 10.2 Å². The van der Waals surface area contributed by atoms with Crippen LogP contribution in [-0.4, -0.2) is 47.8 Å². The lowest BCUT2D eigenvalue weighted by Gasteiger charge is -2.36. The fourth-order valence-corrected chi connectivity index (χ4v) is 3.71. The molecule has 8 nitrogen and oxygen atoms in total. The second-order valence-corrected chi connectivity index (χ2v) is 8.17. The number of anilines is 2. The Hall–Kier alpha value is -3.42. The second-order valence-electron chi connectivity index (χ2n) is 8.17. The number of amides is 2. The summed E-state index contributed by atoms with van der Waals surface area (Å²) in [5.74, 6) is 0.189. The number of nitrogens with one attached hydrogen (secondary N) is 1. The third-order valence-corrected chi connectivity index (χ3v) is 5.45. The molecule has 8 heteroatoms. The molecule has 0 spiro atoms. The smallest absolute Gasteiger partial charge is 0.273 e. The van der Waals surface area contributed by atoms with Crippen LogP contribution >= 0.6 is 0 Å². The van der Waals surface area contributed by atoms with Crippen molar-refractivity contribution < 1.29 is 14.5 Å². The number of benzene rings is 2. The maximum atomic E-state index is 12.6. The summed E-state index contributed by atoms with van der Waals surface area (Å²) in [6.07, 6.45) is 0.582. The molecule has 0 bridgehead atoms. The molecular formula is C23H28N4O4. The molecular weight excluding hydrogens is 396 g/mol. The molecule has 2 amide bonds. The molecule has 1 aliphatic heterocycles. The van der Waals surface area contributed by atoms with Crippen LogP contribution in [-0.2, 0) is 4.79 Å². The fourth-order valence-electron chi connectivity index (χ4n) is 3.71. The van der Waals surface area contributed by atoms with Gasteiger partial charge in [0.1, 0.15) is 0 Å². The Kier molecular flexibility index (Phi) is 6.89. The molecule has 1 heterocycles. The lowest BCUT2D eigenvalue weighted by atomic mass is 10.1. The van der Waals surface area contributed by atoms with Crippen LogP contribution in [0.3, 0.4) is 0 Å². The van der Waals surface area contributed by atoms with Gasteiger partial charge in [0.05, 0.1) is 4.92 Å². The average Bonchev–Trinajstić information content (AvgIpc) is 2.74. The average molecular weight is 425 g/mol. The predicted octanol–water partition coefficient (Wildman–Crippen LogP) is 3.85.